The third-order valence-corrected chi connectivity index (χ3v) is 5.07. The first-order valence-electron chi connectivity index (χ1n) is 5.70. The van der Waals surface area contributed by atoms with Gasteiger partial charge in [0.15, 0.2) is 0 Å². The minimum atomic E-state index is -4.03. The summed E-state index contributed by atoms with van der Waals surface area (Å²) in [5, 5.41) is 19.1. The lowest BCUT2D eigenvalue weighted by Crippen LogP contribution is -2.33. The first-order valence-corrected chi connectivity index (χ1v) is 7.52. The predicted molar refractivity (Wildman–Crippen MR) is 74.7 cm³/mol. The fraction of sp³-hybridized carbons (Fsp3) is 0.364. The fourth-order valence-electron chi connectivity index (χ4n) is 1.54. The van der Waals surface area contributed by atoms with E-state index in [1.165, 1.54) is 14.0 Å². The van der Waals surface area contributed by atoms with Gasteiger partial charge in [-0.05, 0) is 6.07 Å². The van der Waals surface area contributed by atoms with Crippen LogP contribution in [0.4, 0.5) is 5.69 Å². The van der Waals surface area contributed by atoms with E-state index < -0.39 is 26.8 Å². The van der Waals surface area contributed by atoms with E-state index in [9.17, 15) is 23.3 Å². The summed E-state index contributed by atoms with van der Waals surface area (Å²) >= 11 is 5.77. The van der Waals surface area contributed by atoms with Gasteiger partial charge in [-0.2, -0.15) is 0 Å². The summed E-state index contributed by atoms with van der Waals surface area (Å²) in [4.78, 5) is 20.3. The highest BCUT2D eigenvalue weighted by atomic mass is 35.5. The number of aliphatic carboxylic acids is 1. The van der Waals surface area contributed by atoms with Gasteiger partial charge in [0.2, 0.25) is 10.0 Å². The van der Waals surface area contributed by atoms with Crippen LogP contribution in [-0.4, -0.2) is 42.3 Å². The quantitative estimate of drug-likeness (QED) is 0.622. The van der Waals surface area contributed by atoms with Crippen LogP contribution in [0.15, 0.2) is 23.1 Å². The number of rotatable bonds is 6. The number of nitro groups is 1. The van der Waals surface area contributed by atoms with Crippen LogP contribution >= 0.6 is 11.6 Å². The smallest absolute Gasteiger partial charge is 0.307 e. The van der Waals surface area contributed by atoms with Gasteiger partial charge in [-0.25, -0.2) is 12.7 Å². The highest BCUT2D eigenvalue weighted by molar-refractivity contribution is 7.89. The Bertz CT molecular complexity index is 675. The fourth-order valence-corrected chi connectivity index (χ4v) is 3.31. The molecule has 0 spiro atoms. The number of carboxylic acids is 1. The second-order valence-corrected chi connectivity index (χ2v) is 6.82. The molecule has 1 aromatic carbocycles. The van der Waals surface area contributed by atoms with E-state index in [1.54, 1.807) is 0 Å². The van der Waals surface area contributed by atoms with Gasteiger partial charge in [0.25, 0.3) is 5.69 Å². The first kappa shape index (κ1) is 17.3. The summed E-state index contributed by atoms with van der Waals surface area (Å²) in [6, 6.07) is 2.98. The second kappa shape index (κ2) is 6.37. The lowest BCUT2D eigenvalue weighted by molar-refractivity contribution is -0.384. The topological polar surface area (TPSA) is 118 Å². The maximum atomic E-state index is 12.3. The zero-order valence-corrected chi connectivity index (χ0v) is 12.8. The van der Waals surface area contributed by atoms with Crippen molar-refractivity contribution in [2.75, 3.05) is 13.6 Å². The Morgan fingerprint density at radius 3 is 2.52 bits per heavy atom. The Hall–Kier alpha value is -1.71. The standard InChI is InChI=1S/C11H13ClN2O6S/c1-7(11(15)16)6-13(2)21(19,20)10-4-3-8(14(17)18)5-9(10)12/h3-5,7H,6H2,1-2H3,(H,15,16). The average Bonchev–Trinajstić information content (AvgIpc) is 2.37. The number of nitrogens with zero attached hydrogens (tertiary/aromatic N) is 2. The molecular formula is C11H13ClN2O6S. The van der Waals surface area contributed by atoms with Crippen molar-refractivity contribution in [3.63, 3.8) is 0 Å². The minimum Gasteiger partial charge on any atom is -0.481 e. The molecule has 10 heteroatoms. The Labute approximate surface area is 126 Å². The lowest BCUT2D eigenvalue weighted by Gasteiger charge is -2.19. The second-order valence-electron chi connectivity index (χ2n) is 4.40. The molecule has 0 fully saturated rings. The predicted octanol–water partition coefficient (Wildman–Crippen LogP) is 1.59. The van der Waals surface area contributed by atoms with Gasteiger partial charge in [-0.3, -0.25) is 14.9 Å². The molecule has 21 heavy (non-hydrogen) atoms. The van der Waals surface area contributed by atoms with E-state index in [4.69, 9.17) is 16.7 Å². The van der Waals surface area contributed by atoms with Gasteiger partial charge in [0, 0.05) is 25.7 Å². The molecule has 116 valence electrons. The lowest BCUT2D eigenvalue weighted by atomic mass is 10.2. The van der Waals surface area contributed by atoms with Crippen LogP contribution in [0.25, 0.3) is 0 Å². The molecule has 1 rings (SSSR count). The number of carbonyl (C=O) groups is 1. The number of halogens is 1. The summed E-state index contributed by atoms with van der Waals surface area (Å²) in [5.41, 5.74) is -0.333. The maximum Gasteiger partial charge on any atom is 0.307 e. The molecule has 0 aromatic heterocycles. The number of carboxylic acid groups (broad SMARTS) is 1. The van der Waals surface area contributed by atoms with E-state index in [0.717, 1.165) is 22.5 Å². The summed E-state index contributed by atoms with van der Waals surface area (Å²) in [7, 11) is -2.81. The monoisotopic (exact) mass is 336 g/mol. The van der Waals surface area contributed by atoms with Gasteiger partial charge >= 0.3 is 5.97 Å². The van der Waals surface area contributed by atoms with Crippen molar-refractivity contribution in [1.82, 2.24) is 4.31 Å². The van der Waals surface area contributed by atoms with Gasteiger partial charge < -0.3 is 5.11 Å². The molecule has 1 aromatic rings. The molecule has 0 aliphatic carbocycles. The molecule has 0 amide bonds. The summed E-state index contributed by atoms with van der Waals surface area (Å²) in [6.45, 7) is 1.12. The molecule has 1 N–H and O–H groups in total. The largest absolute Gasteiger partial charge is 0.481 e. The summed E-state index contributed by atoms with van der Waals surface area (Å²) < 4.78 is 25.4. The van der Waals surface area contributed by atoms with E-state index in [-0.39, 0.29) is 22.2 Å². The van der Waals surface area contributed by atoms with Crippen LogP contribution < -0.4 is 0 Å². The number of benzene rings is 1. The normalized spacial score (nSPS) is 13.1. The third kappa shape index (κ3) is 3.90. The van der Waals surface area contributed by atoms with Crippen LogP contribution in [0.5, 0.6) is 0 Å². The number of non-ortho nitro benzene ring substituents is 1. The van der Waals surface area contributed by atoms with Crippen molar-refractivity contribution in [2.24, 2.45) is 5.92 Å². The molecule has 0 heterocycles. The molecule has 8 nitrogen and oxygen atoms in total. The summed E-state index contributed by atoms with van der Waals surface area (Å²) in [5.74, 6) is -2.03. The van der Waals surface area contributed by atoms with Crippen LogP contribution in [0, 0.1) is 16.0 Å². The van der Waals surface area contributed by atoms with E-state index in [1.807, 2.05) is 0 Å². The van der Waals surface area contributed by atoms with Crippen molar-refractivity contribution in [2.45, 2.75) is 11.8 Å². The minimum absolute atomic E-state index is 0.245. The molecule has 1 unspecified atom stereocenters. The number of sulfonamides is 1. The van der Waals surface area contributed by atoms with E-state index >= 15 is 0 Å². The Balaban J connectivity index is 3.13. The zero-order chi connectivity index (χ0) is 16.4. The van der Waals surface area contributed by atoms with Gasteiger partial charge in [0.05, 0.1) is 15.9 Å². The molecule has 0 bridgehead atoms. The number of nitro benzene ring substituents is 1. The molecule has 0 aliphatic heterocycles. The van der Waals surface area contributed by atoms with Crippen LogP contribution in [0.3, 0.4) is 0 Å². The maximum absolute atomic E-state index is 12.3. The molecule has 0 saturated heterocycles. The number of hydrogen-bond acceptors (Lipinski definition) is 5. The average molecular weight is 337 g/mol. The van der Waals surface area contributed by atoms with Crippen LogP contribution in [0.1, 0.15) is 6.92 Å². The Morgan fingerprint density at radius 1 is 1.52 bits per heavy atom. The molecule has 0 radical (unpaired) electrons. The Morgan fingerprint density at radius 2 is 2.10 bits per heavy atom. The molecule has 0 aliphatic rings. The highest BCUT2D eigenvalue weighted by Crippen LogP contribution is 2.28. The van der Waals surface area contributed by atoms with E-state index in [0.29, 0.717) is 0 Å². The van der Waals surface area contributed by atoms with Crippen molar-refractivity contribution >= 4 is 33.3 Å². The highest BCUT2D eigenvalue weighted by Gasteiger charge is 2.27. The van der Waals surface area contributed by atoms with Crippen LogP contribution in [-0.2, 0) is 14.8 Å². The molecule has 0 saturated carbocycles. The molecule has 1 atom stereocenters. The molecular weight excluding hydrogens is 324 g/mol. The van der Waals surface area contributed by atoms with Gasteiger partial charge in [0.1, 0.15) is 4.90 Å². The first-order chi connectivity index (χ1) is 9.57. The van der Waals surface area contributed by atoms with Crippen molar-refractivity contribution in [3.05, 3.63) is 33.3 Å². The summed E-state index contributed by atoms with van der Waals surface area (Å²) in [6.07, 6.45) is 0. The Kier molecular flexibility index (Phi) is 5.26. The van der Waals surface area contributed by atoms with Gasteiger partial charge in [-0.15, -0.1) is 0 Å². The SMILES string of the molecule is CC(CN(C)S(=O)(=O)c1ccc([N+](=O)[O-])cc1Cl)C(=O)O. The van der Waals surface area contributed by atoms with Crippen molar-refractivity contribution in [1.29, 1.82) is 0 Å². The van der Waals surface area contributed by atoms with E-state index in [2.05, 4.69) is 0 Å². The number of hydrogen-bond donors (Lipinski definition) is 1. The van der Waals surface area contributed by atoms with Crippen molar-refractivity contribution < 1.29 is 23.2 Å². The van der Waals surface area contributed by atoms with Gasteiger partial charge in [-0.1, -0.05) is 18.5 Å². The van der Waals surface area contributed by atoms with Crippen LogP contribution in [0.2, 0.25) is 5.02 Å². The zero-order valence-electron chi connectivity index (χ0n) is 11.2. The van der Waals surface area contributed by atoms with Crippen molar-refractivity contribution in [3.8, 4) is 0 Å². The third-order valence-electron chi connectivity index (χ3n) is 2.77.